The summed E-state index contributed by atoms with van der Waals surface area (Å²) in [6, 6.07) is 9.03. The molecular weight excluding hydrogens is 168 g/mol. The summed E-state index contributed by atoms with van der Waals surface area (Å²) in [4.78, 5) is 0. The lowest BCUT2D eigenvalue weighted by Crippen LogP contribution is -2.21. The summed E-state index contributed by atoms with van der Waals surface area (Å²) < 4.78 is 0. The van der Waals surface area contributed by atoms with E-state index in [2.05, 4.69) is 38.1 Å². The highest BCUT2D eigenvalue weighted by Crippen LogP contribution is 2.44. The van der Waals surface area contributed by atoms with Crippen LogP contribution in [0.15, 0.2) is 24.3 Å². The third-order valence-electron chi connectivity index (χ3n) is 3.87. The molecule has 0 N–H and O–H groups in total. The van der Waals surface area contributed by atoms with Gasteiger partial charge in [-0.3, -0.25) is 0 Å². The van der Waals surface area contributed by atoms with Crippen LogP contribution in [0.2, 0.25) is 0 Å². The van der Waals surface area contributed by atoms with Crippen molar-refractivity contribution in [3.8, 4) is 0 Å². The summed E-state index contributed by atoms with van der Waals surface area (Å²) in [5, 5.41) is 0. The van der Waals surface area contributed by atoms with Crippen molar-refractivity contribution in [2.24, 2.45) is 0 Å². The minimum atomic E-state index is 0.519. The number of fused-ring (bicyclic) bond motifs is 1. The van der Waals surface area contributed by atoms with Crippen molar-refractivity contribution < 1.29 is 0 Å². The Balaban J connectivity index is 2.39. The number of benzene rings is 1. The van der Waals surface area contributed by atoms with Gasteiger partial charge in [-0.1, -0.05) is 44.5 Å². The Bertz CT molecular complexity index is 310. The van der Waals surface area contributed by atoms with Crippen LogP contribution in [0.4, 0.5) is 0 Å². The van der Waals surface area contributed by atoms with E-state index in [1.165, 1.54) is 32.1 Å². The lowest BCUT2D eigenvalue weighted by atomic mass is 9.76. The van der Waals surface area contributed by atoms with Gasteiger partial charge in [-0.05, 0) is 42.2 Å². The first-order valence-corrected chi connectivity index (χ1v) is 5.91. The Morgan fingerprint density at radius 2 is 2.00 bits per heavy atom. The molecule has 0 heterocycles. The third-order valence-corrected chi connectivity index (χ3v) is 3.87. The van der Waals surface area contributed by atoms with Crippen molar-refractivity contribution in [2.45, 2.75) is 51.4 Å². The van der Waals surface area contributed by atoms with Gasteiger partial charge < -0.3 is 0 Å². The van der Waals surface area contributed by atoms with Crippen molar-refractivity contribution in [3.05, 3.63) is 35.4 Å². The van der Waals surface area contributed by atoms with Crippen LogP contribution < -0.4 is 0 Å². The molecule has 14 heavy (non-hydrogen) atoms. The van der Waals surface area contributed by atoms with E-state index in [9.17, 15) is 0 Å². The van der Waals surface area contributed by atoms with E-state index >= 15 is 0 Å². The molecule has 1 aliphatic carbocycles. The van der Waals surface area contributed by atoms with Gasteiger partial charge in [-0.15, -0.1) is 0 Å². The van der Waals surface area contributed by atoms with Crippen LogP contribution in [-0.4, -0.2) is 0 Å². The maximum atomic E-state index is 2.35. The molecule has 0 radical (unpaired) electrons. The lowest BCUT2D eigenvalue weighted by molar-refractivity contribution is 0.373. The molecule has 0 heteroatoms. The average Bonchev–Trinajstić information content (AvgIpc) is 2.59. The highest BCUT2D eigenvalue weighted by Gasteiger charge is 2.35. The molecule has 0 fully saturated rings. The molecule has 2 rings (SSSR count). The fourth-order valence-electron chi connectivity index (χ4n) is 3.05. The fraction of sp³-hybridized carbons (Fsp3) is 0.571. The average molecular weight is 188 g/mol. The normalized spacial score (nSPS) is 25.0. The molecule has 0 bridgehead atoms. The Labute approximate surface area is 87.3 Å². The van der Waals surface area contributed by atoms with Crippen molar-refractivity contribution in [2.75, 3.05) is 0 Å². The van der Waals surface area contributed by atoms with Gasteiger partial charge in [0.05, 0.1) is 0 Å². The molecule has 0 aliphatic heterocycles. The van der Waals surface area contributed by atoms with Crippen LogP contribution in [0.5, 0.6) is 0 Å². The van der Waals surface area contributed by atoms with E-state index in [-0.39, 0.29) is 0 Å². The first-order valence-electron chi connectivity index (χ1n) is 5.91. The molecule has 76 valence electrons. The largest absolute Gasteiger partial charge is 0.0654 e. The fourth-order valence-corrected chi connectivity index (χ4v) is 3.05. The van der Waals surface area contributed by atoms with Gasteiger partial charge in [0.15, 0.2) is 0 Å². The maximum Gasteiger partial charge on any atom is -0.00438 e. The molecule has 1 aromatic rings. The highest BCUT2D eigenvalue weighted by atomic mass is 14.4. The van der Waals surface area contributed by atoms with Gasteiger partial charge in [0, 0.05) is 0 Å². The highest BCUT2D eigenvalue weighted by molar-refractivity contribution is 5.39. The minimum Gasteiger partial charge on any atom is -0.0654 e. The van der Waals surface area contributed by atoms with Crippen molar-refractivity contribution in [3.63, 3.8) is 0 Å². The molecule has 0 amide bonds. The second-order valence-electron chi connectivity index (χ2n) is 4.54. The summed E-state index contributed by atoms with van der Waals surface area (Å²) in [5.41, 5.74) is 3.76. The molecule has 0 nitrogen and oxygen atoms in total. The first-order chi connectivity index (χ1) is 6.82. The predicted octanol–water partition coefficient (Wildman–Crippen LogP) is 4.08. The van der Waals surface area contributed by atoms with Gasteiger partial charge >= 0.3 is 0 Å². The van der Waals surface area contributed by atoms with Gasteiger partial charge in [0.25, 0.3) is 0 Å². The van der Waals surface area contributed by atoms with Crippen LogP contribution in [0.3, 0.4) is 0 Å². The molecule has 0 saturated carbocycles. The Morgan fingerprint density at radius 1 is 1.21 bits per heavy atom. The van der Waals surface area contributed by atoms with Crippen LogP contribution in [0.25, 0.3) is 0 Å². The zero-order valence-corrected chi connectivity index (χ0v) is 9.34. The molecule has 1 aromatic carbocycles. The Morgan fingerprint density at radius 3 is 2.71 bits per heavy atom. The molecule has 1 unspecified atom stereocenters. The van der Waals surface area contributed by atoms with Gasteiger partial charge in [-0.2, -0.15) is 0 Å². The summed E-state index contributed by atoms with van der Waals surface area (Å²) in [7, 11) is 0. The molecule has 1 aliphatic rings. The molecule has 0 spiro atoms. The summed E-state index contributed by atoms with van der Waals surface area (Å²) in [6.07, 6.45) is 6.64. The Kier molecular flexibility index (Phi) is 2.62. The Hall–Kier alpha value is -0.780. The van der Waals surface area contributed by atoms with E-state index in [1.807, 2.05) is 0 Å². The van der Waals surface area contributed by atoms with E-state index in [0.717, 1.165) is 0 Å². The number of aryl methyl sites for hydroxylation is 1. The summed E-state index contributed by atoms with van der Waals surface area (Å²) >= 11 is 0. The van der Waals surface area contributed by atoms with Crippen molar-refractivity contribution in [1.82, 2.24) is 0 Å². The van der Waals surface area contributed by atoms with Crippen LogP contribution >= 0.6 is 0 Å². The quantitative estimate of drug-likeness (QED) is 0.670. The topological polar surface area (TPSA) is 0 Å². The van der Waals surface area contributed by atoms with E-state index in [1.54, 1.807) is 11.1 Å². The second-order valence-corrected chi connectivity index (χ2v) is 4.54. The summed E-state index contributed by atoms with van der Waals surface area (Å²) in [5.74, 6) is 0. The number of hydrogen-bond donors (Lipinski definition) is 0. The predicted molar refractivity (Wildman–Crippen MR) is 61.6 cm³/mol. The van der Waals surface area contributed by atoms with Gasteiger partial charge in [0.1, 0.15) is 0 Å². The van der Waals surface area contributed by atoms with Crippen molar-refractivity contribution >= 4 is 0 Å². The molecule has 1 atom stereocenters. The summed E-state index contributed by atoms with van der Waals surface area (Å²) in [6.45, 7) is 4.65. The molecular formula is C14H20. The maximum absolute atomic E-state index is 2.35. The third kappa shape index (κ3) is 1.37. The zero-order chi connectivity index (χ0) is 10.0. The SMILES string of the molecule is CCCC1(CC)CCc2ccccc21. The molecule has 0 aromatic heterocycles. The van der Waals surface area contributed by atoms with Gasteiger partial charge in [0.2, 0.25) is 0 Å². The number of rotatable bonds is 3. The monoisotopic (exact) mass is 188 g/mol. The zero-order valence-electron chi connectivity index (χ0n) is 9.34. The van der Waals surface area contributed by atoms with Crippen LogP contribution in [-0.2, 0) is 11.8 Å². The first kappa shape index (κ1) is 9.76. The van der Waals surface area contributed by atoms with Crippen LogP contribution in [0.1, 0.15) is 50.7 Å². The van der Waals surface area contributed by atoms with E-state index < -0.39 is 0 Å². The van der Waals surface area contributed by atoms with Crippen molar-refractivity contribution in [1.29, 1.82) is 0 Å². The van der Waals surface area contributed by atoms with Crippen LogP contribution in [0, 0.1) is 0 Å². The van der Waals surface area contributed by atoms with E-state index in [0.29, 0.717) is 5.41 Å². The van der Waals surface area contributed by atoms with Gasteiger partial charge in [-0.25, -0.2) is 0 Å². The van der Waals surface area contributed by atoms with E-state index in [4.69, 9.17) is 0 Å². The standard InChI is InChI=1S/C14H20/c1-3-10-14(4-2)11-9-12-7-5-6-8-13(12)14/h5-8H,3-4,9-11H2,1-2H3. The second kappa shape index (κ2) is 3.76. The number of hydrogen-bond acceptors (Lipinski definition) is 0. The smallest absolute Gasteiger partial charge is 0.00438 e. The lowest BCUT2D eigenvalue weighted by Gasteiger charge is -2.28. The molecule has 0 saturated heterocycles. The minimum absolute atomic E-state index is 0.519.